The molecule has 2 aromatic carbocycles. The highest BCUT2D eigenvalue weighted by atomic mass is 16.5. The largest absolute Gasteiger partial charge is 0.497 e. The molecule has 3 aromatic rings. The molecule has 0 amide bonds. The number of benzene rings is 2. The second-order valence-electron chi connectivity index (χ2n) is 5.76. The molecule has 6 heteroatoms. The van der Waals surface area contributed by atoms with Crippen molar-refractivity contribution in [3.8, 4) is 11.5 Å². The van der Waals surface area contributed by atoms with Gasteiger partial charge in [-0.25, -0.2) is 4.79 Å². The van der Waals surface area contributed by atoms with Crippen molar-refractivity contribution in [2.75, 3.05) is 14.2 Å². The highest BCUT2D eigenvalue weighted by Gasteiger charge is 2.23. The minimum atomic E-state index is -0.932. The zero-order valence-electron chi connectivity index (χ0n) is 14.7. The van der Waals surface area contributed by atoms with E-state index in [2.05, 4.69) is 4.98 Å². The quantitative estimate of drug-likeness (QED) is 0.541. The molecule has 6 nitrogen and oxygen atoms in total. The van der Waals surface area contributed by atoms with Crippen LogP contribution in [0.25, 0.3) is 10.9 Å². The van der Waals surface area contributed by atoms with Gasteiger partial charge < -0.3 is 19.2 Å². The molecule has 0 saturated carbocycles. The number of H-pyrrole nitrogens is 1. The summed E-state index contributed by atoms with van der Waals surface area (Å²) in [4.78, 5) is 28.2. The summed E-state index contributed by atoms with van der Waals surface area (Å²) >= 11 is 0. The van der Waals surface area contributed by atoms with Crippen molar-refractivity contribution < 1.29 is 23.8 Å². The molecule has 0 fully saturated rings. The standard InChI is InChI=1S/C20H19NO5/c1-12(19(22)17-11-21-18-7-5-4-6-16(17)18)26-20(23)13-8-14(24-2)10-15(9-13)25-3/h4-12,21H,1-3H3. The van der Waals surface area contributed by atoms with Gasteiger partial charge in [-0.2, -0.15) is 0 Å². The van der Waals surface area contributed by atoms with Gasteiger partial charge in [0.25, 0.3) is 0 Å². The van der Waals surface area contributed by atoms with Gasteiger partial charge >= 0.3 is 5.97 Å². The number of carbonyl (C=O) groups is 2. The first-order valence-electron chi connectivity index (χ1n) is 8.08. The fraction of sp³-hybridized carbons (Fsp3) is 0.200. The van der Waals surface area contributed by atoms with Gasteiger partial charge in [-0.1, -0.05) is 18.2 Å². The molecular formula is C20H19NO5. The molecule has 26 heavy (non-hydrogen) atoms. The minimum Gasteiger partial charge on any atom is -0.497 e. The lowest BCUT2D eigenvalue weighted by Gasteiger charge is -2.13. The molecule has 1 aromatic heterocycles. The lowest BCUT2D eigenvalue weighted by atomic mass is 10.1. The lowest BCUT2D eigenvalue weighted by molar-refractivity contribution is 0.0319. The van der Waals surface area contributed by atoms with Crippen LogP contribution in [0.1, 0.15) is 27.6 Å². The van der Waals surface area contributed by atoms with Crippen LogP contribution in [0.4, 0.5) is 0 Å². The number of nitrogens with one attached hydrogen (secondary N) is 1. The van der Waals surface area contributed by atoms with Crippen LogP contribution in [-0.4, -0.2) is 37.1 Å². The molecule has 0 aliphatic carbocycles. The Morgan fingerprint density at radius 1 is 1.00 bits per heavy atom. The average Bonchev–Trinajstić information content (AvgIpc) is 3.10. The van der Waals surface area contributed by atoms with Crippen molar-refractivity contribution in [3.05, 3.63) is 59.8 Å². The summed E-state index contributed by atoms with van der Waals surface area (Å²) in [6.45, 7) is 1.55. The molecule has 0 spiro atoms. The van der Waals surface area contributed by atoms with Gasteiger partial charge in [-0.15, -0.1) is 0 Å². The zero-order valence-corrected chi connectivity index (χ0v) is 14.7. The van der Waals surface area contributed by atoms with Crippen molar-refractivity contribution in [2.24, 2.45) is 0 Å². The number of hydrogen-bond donors (Lipinski definition) is 1. The molecule has 0 bridgehead atoms. The monoisotopic (exact) mass is 353 g/mol. The van der Waals surface area contributed by atoms with Crippen molar-refractivity contribution in [1.82, 2.24) is 4.98 Å². The van der Waals surface area contributed by atoms with Crippen LogP contribution in [0, 0.1) is 0 Å². The Morgan fingerprint density at radius 3 is 2.31 bits per heavy atom. The first-order valence-corrected chi connectivity index (χ1v) is 8.08. The number of para-hydroxylation sites is 1. The molecule has 0 aliphatic heterocycles. The first-order chi connectivity index (χ1) is 12.5. The van der Waals surface area contributed by atoms with Crippen molar-refractivity contribution in [1.29, 1.82) is 0 Å². The van der Waals surface area contributed by atoms with Gasteiger partial charge in [0, 0.05) is 28.7 Å². The molecule has 134 valence electrons. The summed E-state index contributed by atoms with van der Waals surface area (Å²) in [6, 6.07) is 12.2. The molecule has 1 unspecified atom stereocenters. The number of rotatable bonds is 6. The van der Waals surface area contributed by atoms with Crippen LogP contribution < -0.4 is 9.47 Å². The van der Waals surface area contributed by atoms with Crippen LogP contribution in [0.15, 0.2) is 48.7 Å². The summed E-state index contributed by atoms with van der Waals surface area (Å²) in [5, 5.41) is 0.795. The number of methoxy groups -OCH3 is 2. The number of fused-ring (bicyclic) bond motifs is 1. The number of ether oxygens (including phenoxy) is 3. The molecule has 1 heterocycles. The summed E-state index contributed by atoms with van der Waals surface area (Å²) in [5.74, 6) is 0.0346. The van der Waals surface area contributed by atoms with Crippen molar-refractivity contribution in [2.45, 2.75) is 13.0 Å². The second-order valence-corrected chi connectivity index (χ2v) is 5.76. The summed E-state index contributed by atoms with van der Waals surface area (Å²) < 4.78 is 15.7. The van der Waals surface area contributed by atoms with E-state index in [9.17, 15) is 9.59 Å². The van der Waals surface area contributed by atoms with Crippen LogP contribution in [0.3, 0.4) is 0 Å². The lowest BCUT2D eigenvalue weighted by Crippen LogP contribution is -2.24. The maximum Gasteiger partial charge on any atom is 0.339 e. The number of hydrogen-bond acceptors (Lipinski definition) is 5. The highest BCUT2D eigenvalue weighted by Crippen LogP contribution is 2.24. The highest BCUT2D eigenvalue weighted by molar-refractivity contribution is 6.10. The average molecular weight is 353 g/mol. The third-order valence-corrected chi connectivity index (χ3v) is 4.09. The Labute approximate surface area is 150 Å². The Morgan fingerprint density at radius 2 is 1.65 bits per heavy atom. The number of aromatic amines is 1. The number of esters is 1. The number of carbonyl (C=O) groups excluding carboxylic acids is 2. The molecule has 3 rings (SSSR count). The predicted octanol–water partition coefficient (Wildman–Crippen LogP) is 3.61. The number of Topliss-reactive ketones (excluding diaryl/α,β-unsaturated/α-hetero) is 1. The predicted molar refractivity (Wildman–Crippen MR) is 97.1 cm³/mol. The normalized spacial score (nSPS) is 11.8. The van der Waals surface area contributed by atoms with E-state index in [0.29, 0.717) is 17.1 Å². The molecule has 1 atom stereocenters. The minimum absolute atomic E-state index is 0.250. The maximum atomic E-state index is 12.7. The van der Waals surface area contributed by atoms with Crippen LogP contribution in [0.2, 0.25) is 0 Å². The van der Waals surface area contributed by atoms with E-state index < -0.39 is 12.1 Å². The maximum absolute atomic E-state index is 12.7. The van der Waals surface area contributed by atoms with Gasteiger partial charge in [-0.3, -0.25) is 4.79 Å². The Balaban J connectivity index is 1.80. The number of aromatic nitrogens is 1. The van der Waals surface area contributed by atoms with E-state index in [4.69, 9.17) is 14.2 Å². The van der Waals surface area contributed by atoms with Crippen LogP contribution in [-0.2, 0) is 4.74 Å². The van der Waals surface area contributed by atoms with Gasteiger partial charge in [0.15, 0.2) is 6.10 Å². The van der Waals surface area contributed by atoms with Crippen molar-refractivity contribution >= 4 is 22.7 Å². The molecule has 0 aliphatic rings. The summed E-state index contributed by atoms with van der Waals surface area (Å²) in [6.07, 6.45) is 0.699. The van der Waals surface area contributed by atoms with E-state index in [1.165, 1.54) is 26.4 Å². The van der Waals surface area contributed by atoms with Gasteiger partial charge in [0.05, 0.1) is 19.8 Å². The fourth-order valence-corrected chi connectivity index (χ4v) is 2.70. The fourth-order valence-electron chi connectivity index (χ4n) is 2.70. The zero-order chi connectivity index (χ0) is 18.7. The topological polar surface area (TPSA) is 77.6 Å². The Kier molecular flexibility index (Phi) is 4.93. The third-order valence-electron chi connectivity index (χ3n) is 4.09. The summed E-state index contributed by atoms with van der Waals surface area (Å²) in [5.41, 5.74) is 1.59. The van der Waals surface area contributed by atoms with E-state index in [1.54, 1.807) is 19.2 Å². The number of ketones is 1. The summed E-state index contributed by atoms with van der Waals surface area (Å²) in [7, 11) is 2.99. The van der Waals surface area contributed by atoms with Crippen LogP contribution in [0.5, 0.6) is 11.5 Å². The molecular weight excluding hydrogens is 334 g/mol. The van der Waals surface area contributed by atoms with E-state index in [-0.39, 0.29) is 11.3 Å². The Bertz CT molecular complexity index is 937. The van der Waals surface area contributed by atoms with E-state index in [1.807, 2.05) is 24.3 Å². The SMILES string of the molecule is COc1cc(OC)cc(C(=O)OC(C)C(=O)c2c[nH]c3ccccc23)c1. The molecule has 1 N–H and O–H groups in total. The van der Waals surface area contributed by atoms with E-state index >= 15 is 0 Å². The van der Waals surface area contributed by atoms with Gasteiger partial charge in [0.1, 0.15) is 11.5 Å². The van der Waals surface area contributed by atoms with Gasteiger partial charge in [0.2, 0.25) is 5.78 Å². The Hall–Kier alpha value is -3.28. The second kappa shape index (κ2) is 7.31. The molecule has 0 saturated heterocycles. The molecule has 0 radical (unpaired) electrons. The van der Waals surface area contributed by atoms with Crippen LogP contribution >= 0.6 is 0 Å². The van der Waals surface area contributed by atoms with E-state index in [0.717, 1.165) is 10.9 Å². The smallest absolute Gasteiger partial charge is 0.339 e. The van der Waals surface area contributed by atoms with Crippen molar-refractivity contribution in [3.63, 3.8) is 0 Å². The first kappa shape index (κ1) is 17.5. The van der Waals surface area contributed by atoms with Gasteiger partial charge in [-0.05, 0) is 25.1 Å². The third kappa shape index (κ3) is 3.39.